The van der Waals surface area contributed by atoms with Crippen LogP contribution < -0.4 is 5.32 Å². The zero-order valence-electron chi connectivity index (χ0n) is 14.4. The predicted molar refractivity (Wildman–Crippen MR) is 102 cm³/mol. The number of amides is 1. The third kappa shape index (κ3) is 5.69. The highest BCUT2D eigenvalue weighted by Crippen LogP contribution is 2.35. The Morgan fingerprint density at radius 1 is 1.00 bits per heavy atom. The number of carbonyl (C=O) groups is 1. The van der Waals surface area contributed by atoms with E-state index in [-0.39, 0.29) is 11.2 Å². The molecule has 0 heterocycles. The first-order valence-corrected chi connectivity index (χ1v) is 9.39. The fourth-order valence-electron chi connectivity index (χ4n) is 2.51. The minimum absolute atomic E-state index is 0.0715. The first-order valence-electron chi connectivity index (χ1n) is 8.51. The lowest BCUT2D eigenvalue weighted by molar-refractivity contribution is -0.120. The van der Waals surface area contributed by atoms with Gasteiger partial charge in [0.05, 0.1) is 0 Å². The molecule has 0 spiro atoms. The number of carbonyl (C=O) groups excluding carboxylic acids is 1. The summed E-state index contributed by atoms with van der Waals surface area (Å²) in [7, 11) is 0. The Balaban J connectivity index is 2.04. The molecule has 2 aromatic rings. The van der Waals surface area contributed by atoms with E-state index in [1.165, 1.54) is 0 Å². The minimum Gasteiger partial charge on any atom is -0.354 e. The third-order valence-corrected chi connectivity index (χ3v) is 5.23. The standard InChI is InChI=1S/C20H26N2OS/c1-3-22(4-2)16-15-21-20(23)19(17-11-7-5-8-12-17)24-18-13-9-6-10-14-18/h5-14,19H,3-4,15-16H2,1-2H3,(H,21,23). The fraction of sp³-hybridized carbons (Fsp3) is 0.350. The van der Waals surface area contributed by atoms with E-state index in [4.69, 9.17) is 0 Å². The van der Waals surface area contributed by atoms with Crippen molar-refractivity contribution in [3.8, 4) is 0 Å². The Kier molecular flexibility index (Phi) is 7.86. The summed E-state index contributed by atoms with van der Waals surface area (Å²) in [5, 5.41) is 2.87. The van der Waals surface area contributed by atoms with Crippen molar-refractivity contribution in [2.45, 2.75) is 24.0 Å². The molecule has 0 saturated heterocycles. The predicted octanol–water partition coefficient (Wildman–Crippen LogP) is 3.98. The molecule has 4 heteroatoms. The first-order chi connectivity index (χ1) is 11.7. The van der Waals surface area contributed by atoms with Crippen molar-refractivity contribution >= 4 is 17.7 Å². The molecular weight excluding hydrogens is 316 g/mol. The molecule has 0 aliphatic carbocycles. The van der Waals surface area contributed by atoms with Crippen LogP contribution in [0.4, 0.5) is 0 Å². The number of rotatable bonds is 9. The number of nitrogens with one attached hydrogen (secondary N) is 1. The second-order valence-electron chi connectivity index (χ2n) is 5.54. The molecule has 0 aliphatic heterocycles. The lowest BCUT2D eigenvalue weighted by atomic mass is 10.1. The number of nitrogens with zero attached hydrogens (tertiary/aromatic N) is 1. The highest BCUT2D eigenvalue weighted by atomic mass is 32.2. The van der Waals surface area contributed by atoms with Gasteiger partial charge in [0.1, 0.15) is 5.25 Å². The van der Waals surface area contributed by atoms with Crippen molar-refractivity contribution in [1.82, 2.24) is 10.2 Å². The summed E-state index contributed by atoms with van der Waals surface area (Å²) < 4.78 is 0. The molecule has 0 saturated carbocycles. The molecule has 0 fully saturated rings. The second kappa shape index (κ2) is 10.2. The Bertz CT molecular complexity index is 600. The van der Waals surface area contributed by atoms with E-state index in [1.54, 1.807) is 11.8 Å². The average Bonchev–Trinajstić information content (AvgIpc) is 2.64. The Morgan fingerprint density at radius 2 is 1.58 bits per heavy atom. The van der Waals surface area contributed by atoms with Crippen molar-refractivity contribution in [2.75, 3.05) is 26.2 Å². The SMILES string of the molecule is CCN(CC)CCNC(=O)C(Sc1ccccc1)c1ccccc1. The van der Waals surface area contributed by atoms with E-state index in [1.807, 2.05) is 60.7 Å². The number of thioether (sulfide) groups is 1. The summed E-state index contributed by atoms with van der Waals surface area (Å²) in [5.41, 5.74) is 1.03. The molecule has 1 amide bonds. The van der Waals surface area contributed by atoms with Crippen LogP contribution in [0.1, 0.15) is 24.7 Å². The number of hydrogen-bond acceptors (Lipinski definition) is 3. The summed E-state index contributed by atoms with van der Waals surface area (Å²) in [4.78, 5) is 16.2. The van der Waals surface area contributed by atoms with Crippen molar-refractivity contribution in [1.29, 1.82) is 0 Å². The molecule has 0 bridgehead atoms. The van der Waals surface area contributed by atoms with Gasteiger partial charge >= 0.3 is 0 Å². The molecule has 128 valence electrons. The lowest BCUT2D eigenvalue weighted by Crippen LogP contribution is -2.36. The van der Waals surface area contributed by atoms with E-state index in [0.29, 0.717) is 6.54 Å². The lowest BCUT2D eigenvalue weighted by Gasteiger charge is -2.20. The number of benzene rings is 2. The van der Waals surface area contributed by atoms with E-state index >= 15 is 0 Å². The zero-order chi connectivity index (χ0) is 17.2. The summed E-state index contributed by atoms with van der Waals surface area (Å²) in [6.45, 7) is 7.86. The molecule has 1 unspecified atom stereocenters. The van der Waals surface area contributed by atoms with Gasteiger partial charge in [0.2, 0.25) is 5.91 Å². The molecular formula is C20H26N2OS. The van der Waals surface area contributed by atoms with Crippen LogP contribution in [-0.2, 0) is 4.79 Å². The number of hydrogen-bond donors (Lipinski definition) is 1. The van der Waals surface area contributed by atoms with E-state index < -0.39 is 0 Å². The van der Waals surface area contributed by atoms with Gasteiger partial charge in [-0.05, 0) is 30.8 Å². The summed E-state index contributed by atoms with van der Waals surface area (Å²) >= 11 is 1.59. The van der Waals surface area contributed by atoms with Crippen molar-refractivity contribution in [3.63, 3.8) is 0 Å². The highest BCUT2D eigenvalue weighted by molar-refractivity contribution is 8.00. The summed E-state index contributed by atoms with van der Waals surface area (Å²) in [6.07, 6.45) is 0. The molecule has 0 aromatic heterocycles. The smallest absolute Gasteiger partial charge is 0.238 e. The molecule has 0 aliphatic rings. The highest BCUT2D eigenvalue weighted by Gasteiger charge is 2.21. The van der Waals surface area contributed by atoms with Crippen LogP contribution in [0.2, 0.25) is 0 Å². The van der Waals surface area contributed by atoms with Gasteiger partial charge in [0, 0.05) is 18.0 Å². The van der Waals surface area contributed by atoms with Gasteiger partial charge in [-0.1, -0.05) is 62.4 Å². The first kappa shape index (κ1) is 18.6. The maximum atomic E-state index is 12.8. The van der Waals surface area contributed by atoms with Crippen molar-refractivity contribution in [2.24, 2.45) is 0 Å². The normalized spacial score (nSPS) is 12.1. The van der Waals surface area contributed by atoms with E-state index in [0.717, 1.165) is 30.1 Å². The van der Waals surface area contributed by atoms with Gasteiger partial charge in [-0.15, -0.1) is 11.8 Å². The second-order valence-corrected chi connectivity index (χ2v) is 6.72. The molecule has 24 heavy (non-hydrogen) atoms. The maximum absolute atomic E-state index is 12.8. The fourth-order valence-corrected chi connectivity index (χ4v) is 3.58. The summed E-state index contributed by atoms with van der Waals surface area (Å²) in [5.74, 6) is 0.0715. The Labute approximate surface area is 149 Å². The quantitative estimate of drug-likeness (QED) is 0.700. The zero-order valence-corrected chi connectivity index (χ0v) is 15.3. The van der Waals surface area contributed by atoms with Crippen molar-refractivity contribution in [3.05, 3.63) is 66.2 Å². The van der Waals surface area contributed by atoms with E-state index in [2.05, 4.69) is 24.1 Å². The monoisotopic (exact) mass is 342 g/mol. The van der Waals surface area contributed by atoms with Gasteiger partial charge in [-0.25, -0.2) is 0 Å². The van der Waals surface area contributed by atoms with E-state index in [9.17, 15) is 4.79 Å². The van der Waals surface area contributed by atoms with Gasteiger partial charge in [0.15, 0.2) is 0 Å². The van der Waals surface area contributed by atoms with Crippen molar-refractivity contribution < 1.29 is 4.79 Å². The summed E-state index contributed by atoms with van der Waals surface area (Å²) in [6, 6.07) is 20.1. The van der Waals surface area contributed by atoms with Crippen LogP contribution >= 0.6 is 11.8 Å². The Morgan fingerprint density at radius 3 is 2.17 bits per heavy atom. The van der Waals surface area contributed by atoms with Gasteiger partial charge < -0.3 is 10.2 Å². The largest absolute Gasteiger partial charge is 0.354 e. The Hall–Kier alpha value is -1.78. The maximum Gasteiger partial charge on any atom is 0.238 e. The van der Waals surface area contributed by atoms with Crippen LogP contribution in [0.25, 0.3) is 0 Å². The van der Waals surface area contributed by atoms with Crippen LogP contribution in [0, 0.1) is 0 Å². The molecule has 1 N–H and O–H groups in total. The van der Waals surface area contributed by atoms with Crippen LogP contribution in [0.5, 0.6) is 0 Å². The number of likely N-dealkylation sites (N-methyl/N-ethyl adjacent to an activating group) is 1. The van der Waals surface area contributed by atoms with Gasteiger partial charge in [0.25, 0.3) is 0 Å². The van der Waals surface area contributed by atoms with Gasteiger partial charge in [-0.3, -0.25) is 4.79 Å². The molecule has 1 atom stereocenters. The minimum atomic E-state index is -0.231. The third-order valence-electron chi connectivity index (χ3n) is 3.96. The molecule has 3 nitrogen and oxygen atoms in total. The average molecular weight is 343 g/mol. The topological polar surface area (TPSA) is 32.3 Å². The van der Waals surface area contributed by atoms with Crippen LogP contribution in [0.15, 0.2) is 65.6 Å². The molecule has 0 radical (unpaired) electrons. The molecule has 2 aromatic carbocycles. The van der Waals surface area contributed by atoms with Gasteiger partial charge in [-0.2, -0.15) is 0 Å². The van der Waals surface area contributed by atoms with Crippen LogP contribution in [0.3, 0.4) is 0 Å². The van der Waals surface area contributed by atoms with Crippen LogP contribution in [-0.4, -0.2) is 37.0 Å². The molecule has 2 rings (SSSR count).